The molecule has 2 N–H and O–H groups in total. The summed E-state index contributed by atoms with van der Waals surface area (Å²) in [5.74, 6) is 0.556. The number of halogens is 1. The fourth-order valence-electron chi connectivity index (χ4n) is 3.28. The van der Waals surface area contributed by atoms with Crippen molar-refractivity contribution in [3.8, 4) is 5.88 Å². The number of urea groups is 1. The van der Waals surface area contributed by atoms with Gasteiger partial charge in [0.15, 0.2) is 0 Å². The zero-order valence-corrected chi connectivity index (χ0v) is 17.3. The third-order valence-electron chi connectivity index (χ3n) is 4.72. The van der Waals surface area contributed by atoms with E-state index < -0.39 is 0 Å². The van der Waals surface area contributed by atoms with Crippen LogP contribution >= 0.6 is 11.6 Å². The van der Waals surface area contributed by atoms with E-state index in [9.17, 15) is 4.79 Å². The second-order valence-electron chi connectivity index (χ2n) is 6.72. The van der Waals surface area contributed by atoms with Crippen LogP contribution in [0.4, 0.5) is 4.79 Å². The molecule has 29 heavy (non-hydrogen) atoms. The lowest BCUT2D eigenvalue weighted by Crippen LogP contribution is -2.45. The number of nitrogens with one attached hydrogen (secondary N) is 2. The van der Waals surface area contributed by atoms with Gasteiger partial charge in [-0.1, -0.05) is 23.7 Å². The predicted octanol–water partition coefficient (Wildman–Crippen LogP) is 3.01. The minimum Gasteiger partial charge on any atom is -0.478 e. The van der Waals surface area contributed by atoms with Gasteiger partial charge in [0.1, 0.15) is 0 Å². The highest BCUT2D eigenvalue weighted by molar-refractivity contribution is 6.30. The van der Waals surface area contributed by atoms with Crippen LogP contribution in [0.15, 0.2) is 42.6 Å². The van der Waals surface area contributed by atoms with E-state index >= 15 is 0 Å². The smallest absolute Gasteiger partial charge is 0.315 e. The first-order valence-electron chi connectivity index (χ1n) is 9.82. The minimum atomic E-state index is -0.222. The Kier molecular flexibility index (Phi) is 8.10. The SMILES string of the molecule is CCOc1cc(CNC(=O)NCC(c2cccc(Cl)c2)N2CCOCC2)ccn1. The molecule has 0 bridgehead atoms. The van der Waals surface area contributed by atoms with Crippen molar-refractivity contribution in [2.75, 3.05) is 39.5 Å². The van der Waals surface area contributed by atoms with Crippen molar-refractivity contribution in [1.82, 2.24) is 20.5 Å². The molecule has 1 atom stereocenters. The molecule has 3 rings (SSSR count). The summed E-state index contributed by atoms with van der Waals surface area (Å²) >= 11 is 6.19. The molecule has 1 aliphatic heterocycles. The van der Waals surface area contributed by atoms with Gasteiger partial charge in [-0.05, 0) is 36.2 Å². The largest absolute Gasteiger partial charge is 0.478 e. The van der Waals surface area contributed by atoms with Crippen molar-refractivity contribution in [1.29, 1.82) is 0 Å². The van der Waals surface area contributed by atoms with Gasteiger partial charge in [0, 0.05) is 43.5 Å². The highest BCUT2D eigenvalue weighted by Gasteiger charge is 2.23. The second-order valence-corrected chi connectivity index (χ2v) is 7.15. The number of morpholine rings is 1. The van der Waals surface area contributed by atoms with Gasteiger partial charge in [-0.15, -0.1) is 0 Å². The van der Waals surface area contributed by atoms with Crippen LogP contribution in [0, 0.1) is 0 Å². The predicted molar refractivity (Wildman–Crippen MR) is 112 cm³/mol. The minimum absolute atomic E-state index is 0.0360. The highest BCUT2D eigenvalue weighted by Crippen LogP contribution is 2.24. The Labute approximate surface area is 176 Å². The fraction of sp³-hybridized carbons (Fsp3) is 0.429. The van der Waals surface area contributed by atoms with Gasteiger partial charge in [-0.3, -0.25) is 4.90 Å². The topological polar surface area (TPSA) is 75.7 Å². The summed E-state index contributed by atoms with van der Waals surface area (Å²) in [4.78, 5) is 18.8. The van der Waals surface area contributed by atoms with Crippen LogP contribution in [0.2, 0.25) is 5.02 Å². The van der Waals surface area contributed by atoms with Gasteiger partial charge in [-0.2, -0.15) is 0 Å². The summed E-state index contributed by atoms with van der Waals surface area (Å²) in [7, 11) is 0. The molecule has 0 aliphatic carbocycles. The summed E-state index contributed by atoms with van der Waals surface area (Å²) in [6.45, 7) is 6.35. The summed E-state index contributed by atoms with van der Waals surface area (Å²) in [5.41, 5.74) is 2.01. The number of amides is 2. The molecule has 1 aliphatic rings. The van der Waals surface area contributed by atoms with Crippen LogP contribution in [0.5, 0.6) is 5.88 Å². The van der Waals surface area contributed by atoms with Gasteiger partial charge in [0.05, 0.1) is 25.9 Å². The van der Waals surface area contributed by atoms with E-state index in [0.717, 1.165) is 24.2 Å². The van der Waals surface area contributed by atoms with E-state index in [4.69, 9.17) is 21.1 Å². The van der Waals surface area contributed by atoms with Gasteiger partial charge >= 0.3 is 6.03 Å². The van der Waals surface area contributed by atoms with E-state index in [2.05, 4.69) is 20.5 Å². The van der Waals surface area contributed by atoms with Crippen LogP contribution in [-0.4, -0.2) is 55.4 Å². The lowest BCUT2D eigenvalue weighted by molar-refractivity contribution is 0.0167. The van der Waals surface area contributed by atoms with E-state index in [0.29, 0.717) is 43.8 Å². The number of rotatable bonds is 8. The molecule has 2 heterocycles. The Morgan fingerprint density at radius 1 is 1.28 bits per heavy atom. The molecule has 1 fully saturated rings. The molecular weight excluding hydrogens is 392 g/mol. The molecular formula is C21H27ClN4O3. The van der Waals surface area contributed by atoms with E-state index in [1.165, 1.54) is 0 Å². The molecule has 7 nitrogen and oxygen atoms in total. The number of ether oxygens (including phenoxy) is 2. The van der Waals surface area contributed by atoms with Crippen molar-refractivity contribution in [2.45, 2.75) is 19.5 Å². The van der Waals surface area contributed by atoms with E-state index in [1.54, 1.807) is 6.20 Å². The van der Waals surface area contributed by atoms with Gasteiger partial charge in [0.25, 0.3) is 0 Å². The van der Waals surface area contributed by atoms with Gasteiger partial charge < -0.3 is 20.1 Å². The molecule has 0 radical (unpaired) electrons. The molecule has 1 aromatic heterocycles. The number of carbonyl (C=O) groups excluding carboxylic acids is 1. The molecule has 1 aromatic carbocycles. The fourth-order valence-corrected chi connectivity index (χ4v) is 3.48. The third kappa shape index (κ3) is 6.59. The van der Waals surface area contributed by atoms with Crippen LogP contribution in [-0.2, 0) is 11.3 Å². The average Bonchev–Trinajstić information content (AvgIpc) is 2.74. The average molecular weight is 419 g/mol. The summed E-state index contributed by atoms with van der Waals surface area (Å²) in [6, 6.07) is 11.3. The van der Waals surface area contributed by atoms with E-state index in [1.807, 2.05) is 43.3 Å². The Bertz CT molecular complexity index is 799. The molecule has 2 aromatic rings. The van der Waals surface area contributed by atoms with Crippen LogP contribution < -0.4 is 15.4 Å². The van der Waals surface area contributed by atoms with Crippen LogP contribution in [0.1, 0.15) is 24.1 Å². The lowest BCUT2D eigenvalue weighted by atomic mass is 10.0. The van der Waals surface area contributed by atoms with E-state index in [-0.39, 0.29) is 12.1 Å². The summed E-state index contributed by atoms with van der Waals surface area (Å²) in [5, 5.41) is 6.56. The van der Waals surface area contributed by atoms with Crippen molar-refractivity contribution >= 4 is 17.6 Å². The molecule has 1 unspecified atom stereocenters. The lowest BCUT2D eigenvalue weighted by Gasteiger charge is -2.35. The maximum atomic E-state index is 12.4. The molecule has 156 valence electrons. The van der Waals surface area contributed by atoms with Gasteiger partial charge in [-0.25, -0.2) is 9.78 Å². The number of hydrogen-bond donors (Lipinski definition) is 2. The first-order chi connectivity index (χ1) is 14.2. The number of pyridine rings is 1. The number of hydrogen-bond acceptors (Lipinski definition) is 5. The number of carbonyl (C=O) groups is 1. The van der Waals surface area contributed by atoms with Gasteiger partial charge in [0.2, 0.25) is 5.88 Å². The summed E-state index contributed by atoms with van der Waals surface area (Å²) in [6.07, 6.45) is 1.67. The number of benzene rings is 1. The normalized spacial score (nSPS) is 15.5. The zero-order chi connectivity index (χ0) is 20.5. The Morgan fingerprint density at radius 2 is 2.10 bits per heavy atom. The quantitative estimate of drug-likeness (QED) is 0.689. The Balaban J connectivity index is 1.57. The summed E-state index contributed by atoms with van der Waals surface area (Å²) < 4.78 is 10.9. The number of aromatic nitrogens is 1. The van der Waals surface area contributed by atoms with Crippen LogP contribution in [0.3, 0.4) is 0 Å². The maximum Gasteiger partial charge on any atom is 0.315 e. The molecule has 2 amide bonds. The molecule has 1 saturated heterocycles. The molecule has 0 saturated carbocycles. The van der Waals surface area contributed by atoms with Crippen molar-refractivity contribution < 1.29 is 14.3 Å². The first kappa shape index (κ1) is 21.4. The van der Waals surface area contributed by atoms with Crippen molar-refractivity contribution in [2.24, 2.45) is 0 Å². The monoisotopic (exact) mass is 418 g/mol. The zero-order valence-electron chi connectivity index (χ0n) is 16.6. The highest BCUT2D eigenvalue weighted by atomic mass is 35.5. The molecule has 8 heteroatoms. The Hall–Kier alpha value is -2.35. The first-order valence-corrected chi connectivity index (χ1v) is 10.2. The van der Waals surface area contributed by atoms with Crippen molar-refractivity contribution in [3.63, 3.8) is 0 Å². The number of nitrogens with zero attached hydrogens (tertiary/aromatic N) is 2. The Morgan fingerprint density at radius 3 is 2.86 bits per heavy atom. The van der Waals surface area contributed by atoms with Crippen LogP contribution in [0.25, 0.3) is 0 Å². The maximum absolute atomic E-state index is 12.4. The second kappa shape index (κ2) is 11.0. The third-order valence-corrected chi connectivity index (χ3v) is 4.96. The molecule has 0 spiro atoms. The van der Waals surface area contributed by atoms with Crippen molar-refractivity contribution in [3.05, 3.63) is 58.7 Å². The standard InChI is InChI=1S/C21H27ClN4O3/c1-2-29-20-12-16(6-7-23-20)14-24-21(27)25-15-19(26-8-10-28-11-9-26)17-4-3-5-18(22)13-17/h3-7,12-13,19H,2,8-11,14-15H2,1H3,(H2,24,25,27).